The minimum Gasteiger partial charge on any atom is -0.468 e. The Labute approximate surface area is 153 Å². The number of carbonyl (C=O) groups is 3. The molecule has 3 atom stereocenters. The van der Waals surface area contributed by atoms with Gasteiger partial charge in [0.15, 0.2) is 0 Å². The molecule has 3 amide bonds. The molecule has 1 aliphatic heterocycles. The minimum atomic E-state index is -0.243. The van der Waals surface area contributed by atoms with E-state index in [4.69, 9.17) is 4.42 Å². The zero-order chi connectivity index (χ0) is 18.7. The summed E-state index contributed by atoms with van der Waals surface area (Å²) in [4.78, 5) is 40.2. The molecule has 0 radical (unpaired) electrons. The van der Waals surface area contributed by atoms with Crippen molar-refractivity contribution in [3.8, 4) is 0 Å². The number of likely N-dealkylation sites (N-methyl/N-ethyl adjacent to an activating group) is 1. The third-order valence-corrected chi connectivity index (χ3v) is 5.15. The van der Waals surface area contributed by atoms with Gasteiger partial charge >= 0.3 is 0 Å². The molecule has 0 aromatic carbocycles. The maximum Gasteiger partial charge on any atom is 0.233 e. The normalized spacial score (nSPS) is 23.4. The fourth-order valence-electron chi connectivity index (χ4n) is 3.62. The van der Waals surface area contributed by atoms with Crippen molar-refractivity contribution in [3.05, 3.63) is 36.3 Å². The first kappa shape index (κ1) is 18.4. The molecule has 1 aromatic rings. The summed E-state index contributed by atoms with van der Waals surface area (Å²) in [6, 6.07) is 3.61. The van der Waals surface area contributed by atoms with Crippen molar-refractivity contribution in [2.45, 2.75) is 25.3 Å². The molecule has 140 valence electrons. The lowest BCUT2D eigenvalue weighted by atomic mass is 9.85. The molecule has 7 nitrogen and oxygen atoms in total. The molecule has 1 saturated heterocycles. The Bertz CT molecular complexity index is 670. The lowest BCUT2D eigenvalue weighted by Gasteiger charge is -2.23. The van der Waals surface area contributed by atoms with E-state index in [0.717, 1.165) is 5.76 Å². The average Bonchev–Trinajstić information content (AvgIpc) is 3.22. The molecule has 0 spiro atoms. The van der Waals surface area contributed by atoms with Crippen LogP contribution in [0.5, 0.6) is 0 Å². The van der Waals surface area contributed by atoms with Crippen molar-refractivity contribution in [1.29, 1.82) is 0 Å². The average molecular weight is 359 g/mol. The predicted molar refractivity (Wildman–Crippen MR) is 94.8 cm³/mol. The monoisotopic (exact) mass is 359 g/mol. The highest BCUT2D eigenvalue weighted by Crippen LogP contribution is 2.34. The molecule has 1 fully saturated rings. The molecule has 26 heavy (non-hydrogen) atoms. The summed E-state index contributed by atoms with van der Waals surface area (Å²) in [6.45, 7) is 0.542. The van der Waals surface area contributed by atoms with E-state index >= 15 is 0 Å². The molecule has 1 aliphatic carbocycles. The summed E-state index contributed by atoms with van der Waals surface area (Å²) >= 11 is 0. The van der Waals surface area contributed by atoms with Gasteiger partial charge in [0.25, 0.3) is 0 Å². The van der Waals surface area contributed by atoms with Crippen LogP contribution >= 0.6 is 0 Å². The second kappa shape index (κ2) is 7.86. The molecule has 0 unspecified atom stereocenters. The van der Waals surface area contributed by atoms with E-state index < -0.39 is 0 Å². The van der Waals surface area contributed by atoms with Gasteiger partial charge in [-0.3, -0.25) is 24.2 Å². The maximum atomic E-state index is 12.4. The zero-order valence-corrected chi connectivity index (χ0v) is 15.2. The fraction of sp³-hybridized carbons (Fsp3) is 0.526. The van der Waals surface area contributed by atoms with Crippen LogP contribution in [-0.2, 0) is 14.4 Å². The Balaban J connectivity index is 1.50. The number of likely N-dealkylation sites (tertiary alicyclic amines) is 1. The van der Waals surface area contributed by atoms with E-state index in [9.17, 15) is 14.4 Å². The van der Waals surface area contributed by atoms with Gasteiger partial charge in [0, 0.05) is 19.5 Å². The molecule has 3 rings (SSSR count). The number of allylic oxidation sites excluding steroid dienone is 2. The van der Waals surface area contributed by atoms with Crippen molar-refractivity contribution >= 4 is 17.7 Å². The second-order valence-electron chi connectivity index (χ2n) is 7.03. The summed E-state index contributed by atoms with van der Waals surface area (Å²) in [5.74, 6) is -0.174. The van der Waals surface area contributed by atoms with Gasteiger partial charge in [0.1, 0.15) is 5.76 Å². The van der Waals surface area contributed by atoms with E-state index in [1.165, 1.54) is 4.90 Å². The number of nitrogens with zero attached hydrogens (tertiary/aromatic N) is 2. The molecule has 1 N–H and O–H groups in total. The van der Waals surface area contributed by atoms with E-state index in [2.05, 4.69) is 5.32 Å². The van der Waals surface area contributed by atoms with Crippen LogP contribution in [-0.4, -0.2) is 54.7 Å². The van der Waals surface area contributed by atoms with Gasteiger partial charge in [-0.05, 0) is 39.1 Å². The standard InChI is InChI=1S/C19H25N3O4/c1-21(2)15(16-8-5-11-26-16)12-20-17(23)9-10-22-18(24)13-6-3-4-7-14(13)19(22)25/h3-5,8,11,13-15H,6-7,9-10,12H2,1-2H3,(H,20,23)/t13-,14+,15-/m0/s1. The van der Waals surface area contributed by atoms with Gasteiger partial charge in [0.2, 0.25) is 17.7 Å². The Kier molecular flexibility index (Phi) is 5.56. The van der Waals surface area contributed by atoms with Crippen molar-refractivity contribution in [2.75, 3.05) is 27.2 Å². The quantitative estimate of drug-likeness (QED) is 0.587. The summed E-state index contributed by atoms with van der Waals surface area (Å²) < 4.78 is 5.42. The minimum absolute atomic E-state index is 0.0713. The molecule has 0 saturated carbocycles. The molecular weight excluding hydrogens is 334 g/mol. The third-order valence-electron chi connectivity index (χ3n) is 5.15. The van der Waals surface area contributed by atoms with Crippen LogP contribution in [0.25, 0.3) is 0 Å². The number of carbonyl (C=O) groups excluding carboxylic acids is 3. The highest BCUT2D eigenvalue weighted by molar-refractivity contribution is 6.05. The smallest absolute Gasteiger partial charge is 0.233 e. The molecule has 2 heterocycles. The number of hydrogen-bond donors (Lipinski definition) is 1. The van der Waals surface area contributed by atoms with E-state index in [-0.39, 0.29) is 48.6 Å². The van der Waals surface area contributed by atoms with Crippen molar-refractivity contribution in [2.24, 2.45) is 11.8 Å². The van der Waals surface area contributed by atoms with E-state index in [1.807, 2.05) is 43.3 Å². The van der Waals surface area contributed by atoms with Gasteiger partial charge in [-0.25, -0.2) is 0 Å². The molecule has 0 bridgehead atoms. The SMILES string of the molecule is CN(C)[C@@H](CNC(=O)CCN1C(=O)[C@H]2CC=CC[C@H]2C1=O)c1ccco1. The Morgan fingerprint density at radius 1 is 1.27 bits per heavy atom. The van der Waals surface area contributed by atoms with Crippen molar-refractivity contribution in [1.82, 2.24) is 15.1 Å². The first-order chi connectivity index (χ1) is 12.5. The first-order valence-electron chi connectivity index (χ1n) is 8.95. The second-order valence-corrected chi connectivity index (χ2v) is 7.03. The molecule has 7 heteroatoms. The van der Waals surface area contributed by atoms with Gasteiger partial charge < -0.3 is 9.73 Å². The van der Waals surface area contributed by atoms with Crippen molar-refractivity contribution < 1.29 is 18.8 Å². The first-order valence-corrected chi connectivity index (χ1v) is 8.95. The largest absolute Gasteiger partial charge is 0.468 e. The van der Waals surface area contributed by atoms with Gasteiger partial charge in [-0.2, -0.15) is 0 Å². The lowest BCUT2D eigenvalue weighted by molar-refractivity contribution is -0.140. The zero-order valence-electron chi connectivity index (χ0n) is 15.2. The van der Waals surface area contributed by atoms with Gasteiger partial charge in [0.05, 0.1) is 24.1 Å². The van der Waals surface area contributed by atoms with Gasteiger partial charge in [-0.15, -0.1) is 0 Å². The van der Waals surface area contributed by atoms with Crippen LogP contribution in [0.1, 0.15) is 31.1 Å². The number of furan rings is 1. The lowest BCUT2D eigenvalue weighted by Crippen LogP contribution is -2.38. The van der Waals surface area contributed by atoms with Crippen LogP contribution in [0.3, 0.4) is 0 Å². The van der Waals surface area contributed by atoms with Crippen LogP contribution in [0.2, 0.25) is 0 Å². The Morgan fingerprint density at radius 2 is 1.92 bits per heavy atom. The number of nitrogens with one attached hydrogen (secondary N) is 1. The molecule has 1 aromatic heterocycles. The Morgan fingerprint density at radius 3 is 2.46 bits per heavy atom. The fourth-order valence-corrected chi connectivity index (χ4v) is 3.62. The van der Waals surface area contributed by atoms with E-state index in [0.29, 0.717) is 19.4 Å². The number of imide groups is 1. The van der Waals surface area contributed by atoms with Crippen LogP contribution in [0, 0.1) is 11.8 Å². The topological polar surface area (TPSA) is 82.9 Å². The number of fused-ring (bicyclic) bond motifs is 1. The van der Waals surface area contributed by atoms with Crippen LogP contribution in [0.15, 0.2) is 35.0 Å². The molecular formula is C19H25N3O4. The number of amides is 3. The summed E-state index contributed by atoms with van der Waals surface area (Å²) in [5, 5.41) is 2.87. The number of rotatable bonds is 7. The predicted octanol–water partition coefficient (Wildman–Crippen LogP) is 1.34. The van der Waals surface area contributed by atoms with Gasteiger partial charge in [-0.1, -0.05) is 12.2 Å². The summed E-state index contributed by atoms with van der Waals surface area (Å²) in [7, 11) is 3.83. The highest BCUT2D eigenvalue weighted by Gasteiger charge is 2.46. The van der Waals surface area contributed by atoms with Crippen LogP contribution < -0.4 is 5.32 Å². The van der Waals surface area contributed by atoms with Crippen molar-refractivity contribution in [3.63, 3.8) is 0 Å². The molecule has 2 aliphatic rings. The summed E-state index contributed by atoms with van der Waals surface area (Å²) in [6.07, 6.45) is 6.86. The summed E-state index contributed by atoms with van der Waals surface area (Å²) in [5.41, 5.74) is 0. The van der Waals surface area contributed by atoms with E-state index in [1.54, 1.807) is 6.26 Å². The third kappa shape index (κ3) is 3.72. The van der Waals surface area contributed by atoms with Crippen LogP contribution in [0.4, 0.5) is 0 Å². The Hall–Kier alpha value is -2.41. The maximum absolute atomic E-state index is 12.4. The highest BCUT2D eigenvalue weighted by atomic mass is 16.3. The number of hydrogen-bond acceptors (Lipinski definition) is 5.